The molecule has 0 saturated heterocycles. The van der Waals surface area contributed by atoms with Crippen molar-refractivity contribution in [3.05, 3.63) is 16.6 Å². The van der Waals surface area contributed by atoms with Gasteiger partial charge in [0, 0.05) is 17.6 Å². The van der Waals surface area contributed by atoms with Crippen molar-refractivity contribution in [2.75, 3.05) is 6.61 Å². The molecule has 0 aliphatic carbocycles. The van der Waals surface area contributed by atoms with E-state index >= 15 is 0 Å². The van der Waals surface area contributed by atoms with Gasteiger partial charge in [0.05, 0.1) is 12.6 Å². The van der Waals surface area contributed by atoms with Crippen LogP contribution in [-0.2, 0) is 0 Å². The topological polar surface area (TPSA) is 45.1 Å². The molecule has 1 heterocycles. The van der Waals surface area contributed by atoms with Gasteiger partial charge in [-0.1, -0.05) is 13.8 Å². The van der Waals surface area contributed by atoms with Crippen molar-refractivity contribution >= 4 is 11.3 Å². The molecule has 0 fully saturated rings. The fourth-order valence-electron chi connectivity index (χ4n) is 1.64. The van der Waals surface area contributed by atoms with Gasteiger partial charge >= 0.3 is 0 Å². The number of thiazole rings is 1. The van der Waals surface area contributed by atoms with E-state index in [2.05, 4.69) is 31.1 Å². The number of aliphatic hydroxyl groups excluding tert-OH is 1. The van der Waals surface area contributed by atoms with Crippen LogP contribution in [0.25, 0.3) is 0 Å². The lowest BCUT2D eigenvalue weighted by Crippen LogP contribution is -2.35. The third-order valence-electron chi connectivity index (χ3n) is 2.28. The molecule has 2 N–H and O–H groups in total. The van der Waals surface area contributed by atoms with Gasteiger partial charge in [-0.3, -0.25) is 0 Å². The highest BCUT2D eigenvalue weighted by Crippen LogP contribution is 2.16. The molecule has 1 aromatic rings. The van der Waals surface area contributed by atoms with Gasteiger partial charge in [0.1, 0.15) is 5.01 Å². The van der Waals surface area contributed by atoms with Gasteiger partial charge in [-0.05, 0) is 19.3 Å². The van der Waals surface area contributed by atoms with Crippen molar-refractivity contribution in [1.82, 2.24) is 10.3 Å². The van der Waals surface area contributed by atoms with E-state index in [0.29, 0.717) is 5.92 Å². The van der Waals surface area contributed by atoms with Crippen LogP contribution < -0.4 is 5.32 Å². The Morgan fingerprint density at radius 3 is 2.67 bits per heavy atom. The van der Waals surface area contributed by atoms with Gasteiger partial charge in [-0.2, -0.15) is 0 Å². The highest BCUT2D eigenvalue weighted by atomic mass is 32.1. The second-order valence-corrected chi connectivity index (χ2v) is 5.19. The highest BCUT2D eigenvalue weighted by molar-refractivity contribution is 7.09. The van der Waals surface area contributed by atoms with Crippen LogP contribution in [0.15, 0.2) is 11.6 Å². The lowest BCUT2D eigenvalue weighted by molar-refractivity contribution is 0.215. The van der Waals surface area contributed by atoms with Crippen LogP contribution in [0.3, 0.4) is 0 Å². The van der Waals surface area contributed by atoms with E-state index in [1.165, 1.54) is 0 Å². The second-order valence-electron chi connectivity index (χ2n) is 4.27. The lowest BCUT2D eigenvalue weighted by Gasteiger charge is -2.21. The molecule has 86 valence electrons. The summed E-state index contributed by atoms with van der Waals surface area (Å²) in [7, 11) is 0. The molecule has 3 nitrogen and oxygen atoms in total. The fraction of sp³-hybridized carbons (Fsp3) is 0.727. The summed E-state index contributed by atoms with van der Waals surface area (Å²) in [5.74, 6) is 0.596. The third-order valence-corrected chi connectivity index (χ3v) is 3.24. The first-order valence-electron chi connectivity index (χ1n) is 5.39. The number of hydrogen-bond acceptors (Lipinski definition) is 4. The number of nitrogens with zero attached hydrogens (tertiary/aromatic N) is 1. The average molecular weight is 228 g/mol. The number of aromatic nitrogens is 1. The molecule has 0 aromatic carbocycles. The predicted octanol–water partition coefficient (Wildman–Crippen LogP) is 2.20. The summed E-state index contributed by atoms with van der Waals surface area (Å²) < 4.78 is 0. The van der Waals surface area contributed by atoms with E-state index in [0.717, 1.165) is 11.4 Å². The zero-order valence-electron chi connectivity index (χ0n) is 9.60. The first kappa shape index (κ1) is 12.6. The third kappa shape index (κ3) is 4.28. The summed E-state index contributed by atoms with van der Waals surface area (Å²) in [6, 6.07) is 0.393. The van der Waals surface area contributed by atoms with Crippen molar-refractivity contribution < 1.29 is 5.11 Å². The van der Waals surface area contributed by atoms with Gasteiger partial charge in [-0.25, -0.2) is 4.98 Å². The van der Waals surface area contributed by atoms with E-state index < -0.39 is 0 Å². The maximum absolute atomic E-state index is 9.24. The average Bonchev–Trinajstić information content (AvgIpc) is 2.68. The Morgan fingerprint density at radius 2 is 2.20 bits per heavy atom. The number of rotatable bonds is 6. The van der Waals surface area contributed by atoms with Crippen molar-refractivity contribution in [3.8, 4) is 0 Å². The molecule has 0 unspecified atom stereocenters. The van der Waals surface area contributed by atoms with Crippen LogP contribution in [0.4, 0.5) is 0 Å². The molecule has 0 aliphatic heterocycles. The number of hydrogen-bond donors (Lipinski definition) is 2. The zero-order valence-corrected chi connectivity index (χ0v) is 10.4. The molecule has 1 aromatic heterocycles. The summed E-state index contributed by atoms with van der Waals surface area (Å²) in [6.45, 7) is 6.60. The maximum Gasteiger partial charge on any atom is 0.109 e. The number of nitrogens with one attached hydrogen (secondary N) is 1. The van der Waals surface area contributed by atoms with Gasteiger partial charge in [0.25, 0.3) is 0 Å². The van der Waals surface area contributed by atoms with Crippen LogP contribution in [0.5, 0.6) is 0 Å². The molecule has 0 bridgehead atoms. The van der Waals surface area contributed by atoms with E-state index in [-0.39, 0.29) is 18.7 Å². The molecule has 0 aliphatic rings. The molecular weight excluding hydrogens is 208 g/mol. The van der Waals surface area contributed by atoms with Crippen molar-refractivity contribution in [1.29, 1.82) is 0 Å². The summed E-state index contributed by atoms with van der Waals surface area (Å²) in [4.78, 5) is 4.26. The van der Waals surface area contributed by atoms with Gasteiger partial charge < -0.3 is 10.4 Å². The summed E-state index contributed by atoms with van der Waals surface area (Å²) in [5, 5.41) is 15.7. The van der Waals surface area contributed by atoms with E-state index in [1.807, 2.05) is 11.6 Å². The zero-order chi connectivity index (χ0) is 11.3. The summed E-state index contributed by atoms with van der Waals surface area (Å²) >= 11 is 1.65. The quantitative estimate of drug-likeness (QED) is 0.784. The Hall–Kier alpha value is -0.450. The first-order chi connectivity index (χ1) is 7.13. The minimum Gasteiger partial charge on any atom is -0.395 e. The van der Waals surface area contributed by atoms with Crippen molar-refractivity contribution in [2.45, 2.75) is 39.3 Å². The Bertz CT molecular complexity index is 262. The van der Waals surface area contributed by atoms with Crippen LogP contribution in [-0.4, -0.2) is 22.7 Å². The largest absolute Gasteiger partial charge is 0.395 e. The molecule has 1 rings (SSSR count). The van der Waals surface area contributed by atoms with Crippen molar-refractivity contribution in [2.24, 2.45) is 5.92 Å². The molecule has 0 spiro atoms. The number of aliphatic hydroxyl groups is 1. The minimum absolute atomic E-state index is 0.170. The molecule has 2 atom stereocenters. The molecule has 0 saturated carbocycles. The fourth-order valence-corrected chi connectivity index (χ4v) is 2.29. The standard InChI is InChI=1S/C11H20N2OS/c1-8(2)6-10(7-14)13-9(3)11-12-4-5-15-11/h4-5,8-10,13-14H,6-7H2,1-3H3/t9-,10+/m0/s1. The Labute approximate surface area is 95.6 Å². The van der Waals surface area contributed by atoms with Crippen LogP contribution >= 0.6 is 11.3 Å². The molecule has 4 heteroatoms. The van der Waals surface area contributed by atoms with E-state index in [4.69, 9.17) is 0 Å². The molecular formula is C11H20N2OS. The predicted molar refractivity (Wildman–Crippen MR) is 64.0 cm³/mol. The lowest BCUT2D eigenvalue weighted by atomic mass is 10.0. The Balaban J connectivity index is 2.44. The van der Waals surface area contributed by atoms with Crippen molar-refractivity contribution in [3.63, 3.8) is 0 Å². The SMILES string of the molecule is CC(C)C[C@H](CO)N[C@@H](C)c1nccs1. The van der Waals surface area contributed by atoms with Crippen LogP contribution in [0.2, 0.25) is 0 Å². The van der Waals surface area contributed by atoms with Gasteiger partial charge in [0.15, 0.2) is 0 Å². The van der Waals surface area contributed by atoms with E-state index in [1.54, 1.807) is 11.3 Å². The van der Waals surface area contributed by atoms with Crippen LogP contribution in [0.1, 0.15) is 38.2 Å². The maximum atomic E-state index is 9.24. The van der Waals surface area contributed by atoms with E-state index in [9.17, 15) is 5.11 Å². The highest BCUT2D eigenvalue weighted by Gasteiger charge is 2.15. The molecule has 15 heavy (non-hydrogen) atoms. The Morgan fingerprint density at radius 1 is 1.47 bits per heavy atom. The molecule has 0 radical (unpaired) electrons. The minimum atomic E-state index is 0.170. The first-order valence-corrected chi connectivity index (χ1v) is 6.27. The normalized spacial score (nSPS) is 15.5. The monoisotopic (exact) mass is 228 g/mol. The Kier molecular flexibility index (Phi) is 5.22. The van der Waals surface area contributed by atoms with Crippen LogP contribution in [0, 0.1) is 5.92 Å². The smallest absolute Gasteiger partial charge is 0.109 e. The van der Waals surface area contributed by atoms with Gasteiger partial charge in [0.2, 0.25) is 0 Å². The summed E-state index contributed by atoms with van der Waals surface area (Å²) in [6.07, 6.45) is 2.81. The van der Waals surface area contributed by atoms with Gasteiger partial charge in [-0.15, -0.1) is 11.3 Å². The second kappa shape index (κ2) is 6.20. The summed E-state index contributed by atoms with van der Waals surface area (Å²) in [5.41, 5.74) is 0. The molecule has 0 amide bonds.